The highest BCUT2D eigenvalue weighted by Crippen LogP contribution is 1.99. The minimum Gasteiger partial charge on any atom is -0.481 e. The Morgan fingerprint density at radius 1 is 1.60 bits per heavy atom. The van der Waals surface area contributed by atoms with Crippen LogP contribution in [0.2, 0.25) is 0 Å². The summed E-state index contributed by atoms with van der Waals surface area (Å²) < 4.78 is 0. The van der Waals surface area contributed by atoms with E-state index in [1.165, 1.54) is 18.9 Å². The zero-order valence-corrected chi connectivity index (χ0v) is 9.54. The van der Waals surface area contributed by atoms with Crippen LogP contribution in [0.4, 0.5) is 4.79 Å². The highest BCUT2D eigenvalue weighted by atomic mass is 35.5. The van der Waals surface area contributed by atoms with Crippen molar-refractivity contribution in [2.24, 2.45) is 5.92 Å². The van der Waals surface area contributed by atoms with Gasteiger partial charge in [0.15, 0.2) is 0 Å². The molecule has 1 unspecified atom stereocenters. The zero-order chi connectivity index (χ0) is 12.0. The van der Waals surface area contributed by atoms with E-state index < -0.39 is 11.9 Å². The predicted molar refractivity (Wildman–Crippen MR) is 57.8 cm³/mol. The SMILES string of the molecule is C=C(Cl)CNC(=O)N(C)CC(C)C(=O)O. The lowest BCUT2D eigenvalue weighted by Crippen LogP contribution is -2.41. The van der Waals surface area contributed by atoms with Crippen molar-refractivity contribution in [2.75, 3.05) is 20.1 Å². The number of rotatable bonds is 5. The summed E-state index contributed by atoms with van der Waals surface area (Å²) in [6, 6.07) is -0.370. The summed E-state index contributed by atoms with van der Waals surface area (Å²) in [5.41, 5.74) is 0. The van der Waals surface area contributed by atoms with Crippen LogP contribution in [-0.2, 0) is 4.79 Å². The number of carboxylic acids is 1. The summed E-state index contributed by atoms with van der Waals surface area (Å²) in [4.78, 5) is 23.1. The zero-order valence-electron chi connectivity index (χ0n) is 8.79. The number of carbonyl (C=O) groups is 2. The molecule has 0 aliphatic heterocycles. The van der Waals surface area contributed by atoms with Crippen LogP contribution in [0.5, 0.6) is 0 Å². The molecule has 2 N–H and O–H groups in total. The molecular weight excluding hydrogens is 220 g/mol. The van der Waals surface area contributed by atoms with Gasteiger partial charge in [-0.3, -0.25) is 4.79 Å². The van der Waals surface area contributed by atoms with Crippen LogP contribution in [0.3, 0.4) is 0 Å². The summed E-state index contributed by atoms with van der Waals surface area (Å²) in [5.74, 6) is -1.53. The van der Waals surface area contributed by atoms with Crippen LogP contribution in [0, 0.1) is 5.92 Å². The van der Waals surface area contributed by atoms with E-state index in [1.807, 2.05) is 0 Å². The van der Waals surface area contributed by atoms with Gasteiger partial charge >= 0.3 is 12.0 Å². The maximum absolute atomic E-state index is 11.3. The number of hydrogen-bond donors (Lipinski definition) is 2. The van der Waals surface area contributed by atoms with Crippen LogP contribution in [0.25, 0.3) is 0 Å². The second-order valence-corrected chi connectivity index (χ2v) is 3.83. The molecule has 0 spiro atoms. The monoisotopic (exact) mass is 234 g/mol. The fourth-order valence-corrected chi connectivity index (χ4v) is 0.945. The van der Waals surface area contributed by atoms with Gasteiger partial charge < -0.3 is 15.3 Å². The van der Waals surface area contributed by atoms with Crippen molar-refractivity contribution >= 4 is 23.6 Å². The Morgan fingerprint density at radius 2 is 2.13 bits per heavy atom. The number of halogens is 1. The summed E-state index contributed by atoms with van der Waals surface area (Å²) >= 11 is 5.46. The molecule has 0 aromatic rings. The van der Waals surface area contributed by atoms with E-state index in [1.54, 1.807) is 0 Å². The third-order valence-corrected chi connectivity index (χ3v) is 1.88. The molecule has 0 aromatic heterocycles. The molecule has 0 bridgehead atoms. The molecule has 0 fully saturated rings. The van der Waals surface area contributed by atoms with Gasteiger partial charge in [0.2, 0.25) is 0 Å². The number of nitrogens with zero attached hydrogens (tertiary/aromatic N) is 1. The lowest BCUT2D eigenvalue weighted by Gasteiger charge is -2.19. The summed E-state index contributed by atoms with van der Waals surface area (Å²) in [7, 11) is 1.52. The van der Waals surface area contributed by atoms with Gasteiger partial charge in [0.1, 0.15) is 0 Å². The molecule has 86 valence electrons. The van der Waals surface area contributed by atoms with Gasteiger partial charge in [-0.05, 0) is 0 Å². The normalized spacial score (nSPS) is 11.7. The summed E-state index contributed by atoms with van der Waals surface area (Å²) in [6.45, 7) is 5.27. The number of urea groups is 1. The summed E-state index contributed by atoms with van der Waals surface area (Å²) in [5, 5.41) is 11.4. The van der Waals surface area contributed by atoms with E-state index in [0.29, 0.717) is 5.03 Å². The molecule has 6 heteroatoms. The van der Waals surface area contributed by atoms with Crippen molar-refractivity contribution in [3.63, 3.8) is 0 Å². The van der Waals surface area contributed by atoms with Crippen LogP contribution < -0.4 is 5.32 Å². The Hall–Kier alpha value is -1.23. The Morgan fingerprint density at radius 3 is 2.53 bits per heavy atom. The largest absolute Gasteiger partial charge is 0.481 e. The number of amides is 2. The molecule has 0 radical (unpaired) electrons. The quantitative estimate of drug-likeness (QED) is 0.749. The molecular formula is C9H15ClN2O3. The molecule has 0 aliphatic rings. The van der Waals surface area contributed by atoms with E-state index in [9.17, 15) is 9.59 Å². The maximum Gasteiger partial charge on any atom is 0.317 e. The van der Waals surface area contributed by atoms with Crippen molar-refractivity contribution in [1.29, 1.82) is 0 Å². The van der Waals surface area contributed by atoms with E-state index in [2.05, 4.69) is 11.9 Å². The van der Waals surface area contributed by atoms with Crippen LogP contribution >= 0.6 is 11.6 Å². The van der Waals surface area contributed by atoms with E-state index in [4.69, 9.17) is 16.7 Å². The molecule has 15 heavy (non-hydrogen) atoms. The lowest BCUT2D eigenvalue weighted by molar-refractivity contribution is -0.141. The smallest absolute Gasteiger partial charge is 0.317 e. The van der Waals surface area contributed by atoms with Crippen molar-refractivity contribution in [3.05, 3.63) is 11.6 Å². The minimum atomic E-state index is -0.934. The van der Waals surface area contributed by atoms with E-state index >= 15 is 0 Å². The topological polar surface area (TPSA) is 69.6 Å². The number of aliphatic carboxylic acids is 1. The molecule has 0 aliphatic carbocycles. The van der Waals surface area contributed by atoms with Gasteiger partial charge in [-0.1, -0.05) is 25.1 Å². The maximum atomic E-state index is 11.3. The van der Waals surface area contributed by atoms with Crippen LogP contribution in [-0.4, -0.2) is 42.1 Å². The Labute approximate surface area is 93.7 Å². The lowest BCUT2D eigenvalue weighted by atomic mass is 10.2. The van der Waals surface area contributed by atoms with Crippen LogP contribution in [0.15, 0.2) is 11.6 Å². The highest BCUT2D eigenvalue weighted by molar-refractivity contribution is 6.29. The number of nitrogens with one attached hydrogen (secondary N) is 1. The van der Waals surface area contributed by atoms with Crippen molar-refractivity contribution in [1.82, 2.24) is 10.2 Å². The second-order valence-electron chi connectivity index (χ2n) is 3.30. The van der Waals surface area contributed by atoms with Gasteiger partial charge in [0.25, 0.3) is 0 Å². The Bertz CT molecular complexity index is 268. The Balaban J connectivity index is 3.99. The van der Waals surface area contributed by atoms with Crippen molar-refractivity contribution < 1.29 is 14.7 Å². The molecule has 0 saturated heterocycles. The third kappa shape index (κ3) is 5.96. The fraction of sp³-hybridized carbons (Fsp3) is 0.556. The average molecular weight is 235 g/mol. The molecule has 1 atom stereocenters. The highest BCUT2D eigenvalue weighted by Gasteiger charge is 2.16. The standard InChI is InChI=1S/C9H15ClN2O3/c1-6(8(13)14)5-12(3)9(15)11-4-7(2)10/h6H,2,4-5H2,1,3H3,(H,11,15)(H,13,14). The number of hydrogen-bond acceptors (Lipinski definition) is 2. The molecule has 0 heterocycles. The predicted octanol–water partition coefficient (Wildman–Crippen LogP) is 1.10. The first-order valence-electron chi connectivity index (χ1n) is 4.39. The average Bonchev–Trinajstić information content (AvgIpc) is 2.13. The Kier molecular flexibility index (Phi) is 5.77. The van der Waals surface area contributed by atoms with Crippen molar-refractivity contribution in [2.45, 2.75) is 6.92 Å². The van der Waals surface area contributed by atoms with E-state index in [-0.39, 0.29) is 19.1 Å². The van der Waals surface area contributed by atoms with Gasteiger partial charge in [-0.15, -0.1) is 0 Å². The van der Waals surface area contributed by atoms with Crippen LogP contribution in [0.1, 0.15) is 6.92 Å². The molecule has 0 saturated carbocycles. The second kappa shape index (κ2) is 6.29. The van der Waals surface area contributed by atoms with Gasteiger partial charge in [0.05, 0.1) is 12.5 Å². The van der Waals surface area contributed by atoms with Gasteiger partial charge in [0, 0.05) is 18.6 Å². The number of carbonyl (C=O) groups excluding carboxylic acids is 1. The minimum absolute atomic E-state index is 0.149. The number of carboxylic acid groups (broad SMARTS) is 1. The molecule has 0 rings (SSSR count). The fourth-order valence-electron chi connectivity index (χ4n) is 0.878. The first-order valence-corrected chi connectivity index (χ1v) is 4.77. The third-order valence-electron chi connectivity index (χ3n) is 1.75. The first kappa shape index (κ1) is 13.8. The molecule has 2 amide bonds. The summed E-state index contributed by atoms with van der Waals surface area (Å²) in [6.07, 6.45) is 0. The van der Waals surface area contributed by atoms with Gasteiger partial charge in [-0.25, -0.2) is 4.79 Å². The van der Waals surface area contributed by atoms with Crippen molar-refractivity contribution in [3.8, 4) is 0 Å². The molecule has 5 nitrogen and oxygen atoms in total. The first-order chi connectivity index (χ1) is 6.84. The molecule has 0 aromatic carbocycles. The van der Waals surface area contributed by atoms with E-state index in [0.717, 1.165) is 0 Å². The van der Waals surface area contributed by atoms with Gasteiger partial charge in [-0.2, -0.15) is 0 Å².